The van der Waals surface area contributed by atoms with Gasteiger partial charge in [-0.1, -0.05) is 6.92 Å². The highest BCUT2D eigenvalue weighted by Crippen LogP contribution is 2.20. The van der Waals surface area contributed by atoms with E-state index in [4.69, 9.17) is 5.11 Å². The summed E-state index contributed by atoms with van der Waals surface area (Å²) in [5, 5.41) is 11.7. The van der Waals surface area contributed by atoms with Crippen LogP contribution in [0.1, 0.15) is 32.6 Å². The summed E-state index contributed by atoms with van der Waals surface area (Å²) in [7, 11) is 0. The second kappa shape index (κ2) is 9.07. The number of hydrogen-bond acceptors (Lipinski definition) is 3. The van der Waals surface area contributed by atoms with Crippen LogP contribution in [-0.2, 0) is 4.79 Å². The lowest BCUT2D eigenvalue weighted by atomic mass is 9.94. The Bertz CT molecular complexity index is 292. The number of hydrogen-bond donors (Lipinski definition) is 2. The van der Waals surface area contributed by atoms with Crippen molar-refractivity contribution in [2.24, 2.45) is 5.92 Å². The van der Waals surface area contributed by atoms with Crippen LogP contribution in [0, 0.1) is 5.92 Å². The van der Waals surface area contributed by atoms with Gasteiger partial charge in [0.2, 0.25) is 0 Å². The molecule has 2 N–H and O–H groups in total. The monoisotopic (exact) mass is 288 g/mol. The molecular weight excluding hydrogens is 264 g/mol. The van der Waals surface area contributed by atoms with Gasteiger partial charge in [-0.2, -0.15) is 11.8 Å². The van der Waals surface area contributed by atoms with Crippen LogP contribution in [0.3, 0.4) is 0 Å². The number of thioether (sulfide) groups is 1. The maximum Gasteiger partial charge on any atom is 0.317 e. The van der Waals surface area contributed by atoms with E-state index in [1.165, 1.54) is 0 Å². The summed E-state index contributed by atoms with van der Waals surface area (Å²) < 4.78 is 0. The van der Waals surface area contributed by atoms with Gasteiger partial charge in [0.05, 0.1) is 0 Å². The Labute approximate surface area is 119 Å². The molecule has 1 heterocycles. The van der Waals surface area contributed by atoms with E-state index in [-0.39, 0.29) is 18.4 Å². The SMILES string of the molecule is CCSCCCNC(=O)N1CCC(CC(=O)O)CC1. The van der Waals surface area contributed by atoms with E-state index in [1.807, 2.05) is 11.8 Å². The summed E-state index contributed by atoms with van der Waals surface area (Å²) >= 11 is 1.88. The Morgan fingerprint density at radius 1 is 1.37 bits per heavy atom. The number of likely N-dealkylation sites (tertiary alicyclic amines) is 1. The molecular formula is C13H24N2O3S. The zero-order valence-corrected chi connectivity index (χ0v) is 12.4. The van der Waals surface area contributed by atoms with E-state index in [9.17, 15) is 9.59 Å². The van der Waals surface area contributed by atoms with Crippen LogP contribution in [0.4, 0.5) is 4.79 Å². The number of aliphatic carboxylic acids is 1. The maximum atomic E-state index is 11.9. The van der Waals surface area contributed by atoms with Crippen LogP contribution in [0.2, 0.25) is 0 Å². The van der Waals surface area contributed by atoms with E-state index in [0.29, 0.717) is 13.1 Å². The summed E-state index contributed by atoms with van der Waals surface area (Å²) in [6.07, 6.45) is 2.82. The molecule has 1 saturated heterocycles. The number of nitrogens with zero attached hydrogens (tertiary/aromatic N) is 1. The van der Waals surface area contributed by atoms with Gasteiger partial charge in [-0.25, -0.2) is 4.79 Å². The second-order valence-electron chi connectivity index (χ2n) is 4.81. The molecule has 0 aromatic carbocycles. The van der Waals surface area contributed by atoms with Crippen LogP contribution in [0.5, 0.6) is 0 Å². The quantitative estimate of drug-likeness (QED) is 0.703. The molecule has 0 bridgehead atoms. The van der Waals surface area contributed by atoms with Gasteiger partial charge in [0, 0.05) is 26.1 Å². The normalized spacial score (nSPS) is 16.4. The van der Waals surface area contributed by atoms with Crippen molar-refractivity contribution in [3.05, 3.63) is 0 Å². The third-order valence-electron chi connectivity index (χ3n) is 3.31. The van der Waals surface area contributed by atoms with Gasteiger partial charge < -0.3 is 15.3 Å². The van der Waals surface area contributed by atoms with Crippen molar-refractivity contribution < 1.29 is 14.7 Å². The molecule has 0 aromatic rings. The largest absolute Gasteiger partial charge is 0.481 e. The Morgan fingerprint density at radius 2 is 2.05 bits per heavy atom. The van der Waals surface area contributed by atoms with Crippen molar-refractivity contribution in [1.29, 1.82) is 0 Å². The summed E-state index contributed by atoms with van der Waals surface area (Å²) in [6, 6.07) is -0.00438. The van der Waals surface area contributed by atoms with E-state index >= 15 is 0 Å². The molecule has 1 aliphatic rings. The first-order chi connectivity index (χ1) is 9.13. The first-order valence-electron chi connectivity index (χ1n) is 6.95. The number of carboxylic acid groups (broad SMARTS) is 1. The molecule has 110 valence electrons. The van der Waals surface area contributed by atoms with E-state index in [0.717, 1.165) is 37.3 Å². The molecule has 1 fully saturated rings. The lowest BCUT2D eigenvalue weighted by Crippen LogP contribution is -2.45. The highest BCUT2D eigenvalue weighted by molar-refractivity contribution is 7.99. The number of piperidine rings is 1. The molecule has 0 saturated carbocycles. The molecule has 19 heavy (non-hydrogen) atoms. The number of rotatable bonds is 7. The van der Waals surface area contributed by atoms with Crippen LogP contribution in [0.25, 0.3) is 0 Å². The summed E-state index contributed by atoms with van der Waals surface area (Å²) in [4.78, 5) is 24.3. The minimum Gasteiger partial charge on any atom is -0.481 e. The van der Waals surface area contributed by atoms with Crippen molar-refractivity contribution in [1.82, 2.24) is 10.2 Å². The fraction of sp³-hybridized carbons (Fsp3) is 0.846. The fourth-order valence-corrected chi connectivity index (χ4v) is 2.85. The van der Waals surface area contributed by atoms with Crippen molar-refractivity contribution in [2.75, 3.05) is 31.1 Å². The van der Waals surface area contributed by atoms with E-state index < -0.39 is 5.97 Å². The summed E-state index contributed by atoms with van der Waals surface area (Å²) in [5.41, 5.74) is 0. The van der Waals surface area contributed by atoms with Crippen molar-refractivity contribution in [3.8, 4) is 0 Å². The Hall–Kier alpha value is -0.910. The van der Waals surface area contributed by atoms with Crippen molar-refractivity contribution in [2.45, 2.75) is 32.6 Å². The maximum absolute atomic E-state index is 11.9. The first-order valence-corrected chi connectivity index (χ1v) is 8.11. The fourth-order valence-electron chi connectivity index (χ4n) is 2.21. The zero-order valence-electron chi connectivity index (χ0n) is 11.6. The van der Waals surface area contributed by atoms with Gasteiger partial charge in [-0.05, 0) is 36.7 Å². The van der Waals surface area contributed by atoms with Crippen molar-refractivity contribution >= 4 is 23.8 Å². The standard InChI is InChI=1S/C13H24N2O3S/c1-2-19-9-3-6-14-13(18)15-7-4-11(5-8-15)10-12(16)17/h11H,2-10H2,1H3,(H,14,18)(H,16,17). The molecule has 2 amide bonds. The second-order valence-corrected chi connectivity index (χ2v) is 6.20. The molecule has 0 aliphatic carbocycles. The van der Waals surface area contributed by atoms with Gasteiger partial charge in [-0.15, -0.1) is 0 Å². The van der Waals surface area contributed by atoms with Gasteiger partial charge in [0.1, 0.15) is 0 Å². The third-order valence-corrected chi connectivity index (χ3v) is 4.30. The molecule has 0 radical (unpaired) electrons. The lowest BCUT2D eigenvalue weighted by Gasteiger charge is -2.31. The van der Waals surface area contributed by atoms with Gasteiger partial charge >= 0.3 is 12.0 Å². The number of carboxylic acids is 1. The topological polar surface area (TPSA) is 69.6 Å². The van der Waals surface area contributed by atoms with Gasteiger partial charge in [0.25, 0.3) is 0 Å². The molecule has 0 atom stereocenters. The highest BCUT2D eigenvalue weighted by Gasteiger charge is 2.23. The predicted octanol–water partition coefficient (Wildman–Crippen LogP) is 2.03. The Kier molecular flexibility index (Phi) is 7.70. The molecule has 1 aliphatic heterocycles. The number of amides is 2. The smallest absolute Gasteiger partial charge is 0.317 e. The third kappa shape index (κ3) is 6.71. The highest BCUT2D eigenvalue weighted by atomic mass is 32.2. The molecule has 0 aromatic heterocycles. The number of carbonyl (C=O) groups excluding carboxylic acids is 1. The molecule has 5 nitrogen and oxygen atoms in total. The average Bonchev–Trinajstić information content (AvgIpc) is 2.38. The van der Waals surface area contributed by atoms with E-state index in [1.54, 1.807) is 4.90 Å². The van der Waals surface area contributed by atoms with Crippen LogP contribution in [0.15, 0.2) is 0 Å². The van der Waals surface area contributed by atoms with Crippen LogP contribution in [-0.4, -0.2) is 53.1 Å². The lowest BCUT2D eigenvalue weighted by molar-refractivity contribution is -0.138. The molecule has 1 rings (SSSR count). The van der Waals surface area contributed by atoms with Crippen LogP contribution >= 0.6 is 11.8 Å². The molecule has 0 spiro atoms. The number of carbonyl (C=O) groups is 2. The number of nitrogens with one attached hydrogen (secondary N) is 1. The van der Waals surface area contributed by atoms with E-state index in [2.05, 4.69) is 12.2 Å². The predicted molar refractivity (Wildman–Crippen MR) is 77.6 cm³/mol. The van der Waals surface area contributed by atoms with Crippen LogP contribution < -0.4 is 5.32 Å². The summed E-state index contributed by atoms with van der Waals surface area (Å²) in [5.74, 6) is 1.68. The minimum absolute atomic E-state index is 0.00438. The Balaban J connectivity index is 2.12. The van der Waals surface area contributed by atoms with Gasteiger partial charge in [-0.3, -0.25) is 4.79 Å². The zero-order chi connectivity index (χ0) is 14.1. The number of urea groups is 1. The minimum atomic E-state index is -0.740. The molecule has 0 unspecified atom stereocenters. The molecule has 6 heteroatoms. The summed E-state index contributed by atoms with van der Waals surface area (Å²) in [6.45, 7) is 4.20. The first kappa shape index (κ1) is 16.1. The average molecular weight is 288 g/mol. The Morgan fingerprint density at radius 3 is 2.63 bits per heavy atom. The van der Waals surface area contributed by atoms with Crippen molar-refractivity contribution in [3.63, 3.8) is 0 Å². The van der Waals surface area contributed by atoms with Gasteiger partial charge in [0.15, 0.2) is 0 Å².